The Morgan fingerprint density at radius 1 is 1.04 bits per heavy atom. The van der Waals surface area contributed by atoms with Gasteiger partial charge < -0.3 is 5.32 Å². The predicted molar refractivity (Wildman–Crippen MR) is 83.0 cm³/mol. The summed E-state index contributed by atoms with van der Waals surface area (Å²) in [6, 6.07) is 13.4. The van der Waals surface area contributed by atoms with Crippen LogP contribution in [0.15, 0.2) is 54.6 Å². The Bertz CT molecular complexity index is 636. The lowest BCUT2D eigenvalue weighted by Gasteiger charge is -2.19. The Hall–Kier alpha value is -2.30. The van der Waals surface area contributed by atoms with E-state index in [9.17, 15) is 18.0 Å². The summed E-state index contributed by atoms with van der Waals surface area (Å²) < 4.78 is 37.9. The predicted octanol–water partition coefficient (Wildman–Crippen LogP) is 4.98. The van der Waals surface area contributed by atoms with Gasteiger partial charge >= 0.3 is 6.18 Å². The van der Waals surface area contributed by atoms with Gasteiger partial charge in [0.1, 0.15) is 0 Å². The maximum atomic E-state index is 12.6. The first-order chi connectivity index (χ1) is 10.9. The van der Waals surface area contributed by atoms with Gasteiger partial charge in [-0.05, 0) is 36.2 Å². The van der Waals surface area contributed by atoms with Crippen molar-refractivity contribution in [2.45, 2.75) is 32.0 Å². The zero-order chi connectivity index (χ0) is 16.9. The molecule has 0 saturated carbocycles. The third-order valence-corrected chi connectivity index (χ3v) is 3.56. The smallest absolute Gasteiger partial charge is 0.345 e. The number of rotatable bonds is 5. The van der Waals surface area contributed by atoms with Crippen molar-refractivity contribution >= 4 is 5.91 Å². The zero-order valence-corrected chi connectivity index (χ0v) is 12.7. The topological polar surface area (TPSA) is 29.1 Å². The minimum absolute atomic E-state index is 0.232. The number of nitrogens with one attached hydrogen (secondary N) is 1. The molecule has 5 heteroatoms. The second-order valence-corrected chi connectivity index (χ2v) is 5.30. The van der Waals surface area contributed by atoms with Crippen LogP contribution >= 0.6 is 0 Å². The molecule has 0 bridgehead atoms. The number of carbonyl (C=O) groups excluding carboxylic acids is 1. The van der Waals surface area contributed by atoms with Crippen LogP contribution in [0, 0.1) is 0 Å². The highest BCUT2D eigenvalue weighted by Gasteiger charge is 2.30. The minimum atomic E-state index is -4.36. The average molecular weight is 321 g/mol. The van der Waals surface area contributed by atoms with E-state index in [1.807, 2.05) is 13.0 Å². The number of carbonyl (C=O) groups is 1. The van der Waals surface area contributed by atoms with Crippen LogP contribution in [0.2, 0.25) is 0 Å². The van der Waals surface area contributed by atoms with E-state index in [0.29, 0.717) is 17.5 Å². The number of benzene rings is 2. The summed E-state index contributed by atoms with van der Waals surface area (Å²) >= 11 is 0. The highest BCUT2D eigenvalue weighted by atomic mass is 19.4. The van der Waals surface area contributed by atoms with E-state index >= 15 is 0 Å². The van der Waals surface area contributed by atoms with Crippen LogP contribution in [0.1, 0.15) is 47.3 Å². The first kappa shape index (κ1) is 17.1. The minimum Gasteiger partial charge on any atom is -0.345 e. The molecule has 0 radical (unpaired) electrons. The van der Waals surface area contributed by atoms with E-state index in [1.54, 1.807) is 24.3 Å². The Labute approximate surface area is 133 Å². The summed E-state index contributed by atoms with van der Waals surface area (Å²) in [7, 11) is 0. The molecule has 23 heavy (non-hydrogen) atoms. The molecular formula is C18H18F3NO. The van der Waals surface area contributed by atoms with Crippen LogP contribution in [0.5, 0.6) is 0 Å². The first-order valence-electron chi connectivity index (χ1n) is 7.45. The maximum Gasteiger partial charge on any atom is 0.416 e. The standard InChI is InChI=1S/C18H18F3NO/c1-2-6-16(22-17(23)14-7-4-3-5-8-14)13-9-11-15(12-10-13)18(19,20)21/h3-5,7-12,16H,2,6H2,1H3,(H,22,23)/t16-/m1/s1. The number of amides is 1. The summed E-state index contributed by atoms with van der Waals surface area (Å²) in [5.74, 6) is -0.232. The molecule has 2 rings (SSSR count). The molecule has 0 heterocycles. The van der Waals surface area contributed by atoms with Gasteiger partial charge in [0.15, 0.2) is 0 Å². The Balaban J connectivity index is 2.16. The van der Waals surface area contributed by atoms with Gasteiger partial charge in [0.25, 0.3) is 5.91 Å². The van der Waals surface area contributed by atoms with Gasteiger partial charge in [0.05, 0.1) is 11.6 Å². The second-order valence-electron chi connectivity index (χ2n) is 5.30. The van der Waals surface area contributed by atoms with Gasteiger partial charge in [-0.15, -0.1) is 0 Å². The van der Waals surface area contributed by atoms with Crippen LogP contribution in [0.3, 0.4) is 0 Å². The van der Waals surface area contributed by atoms with Crippen molar-refractivity contribution in [1.29, 1.82) is 0 Å². The lowest BCUT2D eigenvalue weighted by molar-refractivity contribution is -0.137. The van der Waals surface area contributed by atoms with E-state index < -0.39 is 11.7 Å². The Kier molecular flexibility index (Phi) is 5.42. The summed E-state index contributed by atoms with van der Waals surface area (Å²) in [6.45, 7) is 1.96. The first-order valence-corrected chi connectivity index (χ1v) is 7.45. The summed E-state index contributed by atoms with van der Waals surface area (Å²) in [5, 5.41) is 2.89. The highest BCUT2D eigenvalue weighted by Crippen LogP contribution is 2.30. The molecule has 2 nitrogen and oxygen atoms in total. The highest BCUT2D eigenvalue weighted by molar-refractivity contribution is 5.94. The van der Waals surface area contributed by atoms with E-state index in [0.717, 1.165) is 18.6 Å². The molecule has 1 atom stereocenters. The molecule has 2 aromatic rings. The van der Waals surface area contributed by atoms with Crippen molar-refractivity contribution in [2.75, 3.05) is 0 Å². The van der Waals surface area contributed by atoms with Crippen LogP contribution in [0.25, 0.3) is 0 Å². The van der Waals surface area contributed by atoms with Gasteiger partial charge in [-0.1, -0.05) is 43.7 Å². The summed E-state index contributed by atoms with van der Waals surface area (Å²) in [5.41, 5.74) is 0.510. The molecule has 0 unspecified atom stereocenters. The van der Waals surface area contributed by atoms with Gasteiger partial charge in [-0.2, -0.15) is 13.2 Å². The van der Waals surface area contributed by atoms with Crippen LogP contribution in [0.4, 0.5) is 13.2 Å². The van der Waals surface area contributed by atoms with Gasteiger partial charge in [0.2, 0.25) is 0 Å². The molecule has 0 saturated heterocycles. The quantitative estimate of drug-likeness (QED) is 0.827. The molecule has 122 valence electrons. The van der Waals surface area contributed by atoms with Crippen molar-refractivity contribution in [3.05, 3.63) is 71.3 Å². The molecule has 0 aliphatic heterocycles. The maximum absolute atomic E-state index is 12.6. The second kappa shape index (κ2) is 7.31. The van der Waals surface area contributed by atoms with Crippen molar-refractivity contribution in [3.63, 3.8) is 0 Å². The summed E-state index contributed by atoms with van der Waals surface area (Å²) in [4.78, 5) is 12.2. The molecule has 2 aromatic carbocycles. The largest absolute Gasteiger partial charge is 0.416 e. The molecule has 0 fully saturated rings. The van der Waals surface area contributed by atoms with Crippen LogP contribution in [-0.2, 0) is 6.18 Å². The van der Waals surface area contributed by atoms with Crippen molar-refractivity contribution in [1.82, 2.24) is 5.32 Å². The molecule has 0 aliphatic rings. The fourth-order valence-electron chi connectivity index (χ4n) is 2.35. The third kappa shape index (κ3) is 4.58. The normalized spacial score (nSPS) is 12.7. The fraction of sp³-hybridized carbons (Fsp3) is 0.278. The van der Waals surface area contributed by atoms with Crippen molar-refractivity contribution in [2.24, 2.45) is 0 Å². The lowest BCUT2D eigenvalue weighted by Crippen LogP contribution is -2.28. The Morgan fingerprint density at radius 2 is 1.65 bits per heavy atom. The van der Waals surface area contributed by atoms with Crippen LogP contribution in [-0.4, -0.2) is 5.91 Å². The zero-order valence-electron chi connectivity index (χ0n) is 12.7. The monoisotopic (exact) mass is 321 g/mol. The lowest BCUT2D eigenvalue weighted by atomic mass is 10.00. The molecule has 0 aromatic heterocycles. The SMILES string of the molecule is CCC[C@@H](NC(=O)c1ccccc1)c1ccc(C(F)(F)F)cc1. The average Bonchev–Trinajstić information content (AvgIpc) is 2.54. The van der Waals surface area contributed by atoms with Gasteiger partial charge in [0, 0.05) is 5.56 Å². The Morgan fingerprint density at radius 3 is 2.17 bits per heavy atom. The number of hydrogen-bond donors (Lipinski definition) is 1. The molecule has 0 spiro atoms. The molecule has 1 N–H and O–H groups in total. The van der Waals surface area contributed by atoms with Gasteiger partial charge in [-0.3, -0.25) is 4.79 Å². The third-order valence-electron chi connectivity index (χ3n) is 3.56. The summed E-state index contributed by atoms with van der Waals surface area (Å²) in [6.07, 6.45) is -2.89. The number of halogens is 3. The van der Waals surface area contributed by atoms with Crippen molar-refractivity contribution in [3.8, 4) is 0 Å². The van der Waals surface area contributed by atoms with Gasteiger partial charge in [-0.25, -0.2) is 0 Å². The number of alkyl halides is 3. The van der Waals surface area contributed by atoms with E-state index in [4.69, 9.17) is 0 Å². The van der Waals surface area contributed by atoms with E-state index in [1.165, 1.54) is 12.1 Å². The molecule has 1 amide bonds. The van der Waals surface area contributed by atoms with Crippen LogP contribution < -0.4 is 5.32 Å². The number of hydrogen-bond acceptors (Lipinski definition) is 1. The molecular weight excluding hydrogens is 303 g/mol. The fourth-order valence-corrected chi connectivity index (χ4v) is 2.35. The molecule has 0 aliphatic carbocycles. The van der Waals surface area contributed by atoms with E-state index in [2.05, 4.69) is 5.32 Å². The van der Waals surface area contributed by atoms with E-state index in [-0.39, 0.29) is 11.9 Å². The van der Waals surface area contributed by atoms with Crippen molar-refractivity contribution < 1.29 is 18.0 Å².